The van der Waals surface area contributed by atoms with Crippen molar-refractivity contribution in [2.24, 2.45) is 5.92 Å². The lowest BCUT2D eigenvalue weighted by Gasteiger charge is -2.43. The molecule has 2 amide bonds. The number of nitrogens with one attached hydrogen (secondary N) is 1. The van der Waals surface area contributed by atoms with Crippen LogP contribution in [0.2, 0.25) is 0 Å². The molecule has 5 nitrogen and oxygen atoms in total. The third-order valence-corrected chi connectivity index (χ3v) is 5.74. The Kier molecular flexibility index (Phi) is 4.54. The van der Waals surface area contributed by atoms with E-state index in [-0.39, 0.29) is 23.6 Å². The average Bonchev–Trinajstić information content (AvgIpc) is 2.63. The molecule has 2 aliphatic heterocycles. The number of likely N-dealkylation sites (tertiary alicyclic amines) is 1. The number of piperidine rings is 1. The van der Waals surface area contributed by atoms with Crippen molar-refractivity contribution in [1.29, 1.82) is 0 Å². The third kappa shape index (κ3) is 3.27. The molecule has 142 valence electrons. The normalized spacial score (nSPS) is 21.1. The highest BCUT2D eigenvalue weighted by Crippen LogP contribution is 2.36. The standard InChI is InChI=1S/C22H27N3O2/c1-14(2)23-22(27)24-11-16-10-17(13-24)20-9-8-19(21(26)25(20)12-16)18-7-5-4-6-15(18)3/h4-9,14,16-17H,10-13H2,1-3H3,(H,23,27). The summed E-state index contributed by atoms with van der Waals surface area (Å²) in [4.78, 5) is 27.6. The molecule has 2 atom stereocenters. The summed E-state index contributed by atoms with van der Waals surface area (Å²) in [5.41, 5.74) is 4.05. The number of carbonyl (C=O) groups excluding carboxylic acids is 1. The number of benzene rings is 1. The molecule has 2 bridgehead atoms. The van der Waals surface area contributed by atoms with Gasteiger partial charge in [-0.3, -0.25) is 4.79 Å². The fraction of sp³-hybridized carbons (Fsp3) is 0.455. The molecule has 1 N–H and O–H groups in total. The van der Waals surface area contributed by atoms with Crippen LogP contribution in [-0.4, -0.2) is 34.6 Å². The molecule has 0 saturated carbocycles. The Labute approximate surface area is 160 Å². The molecule has 2 unspecified atom stereocenters. The first-order chi connectivity index (χ1) is 12.9. The van der Waals surface area contributed by atoms with Crippen LogP contribution in [-0.2, 0) is 6.54 Å². The van der Waals surface area contributed by atoms with Gasteiger partial charge in [-0.05, 0) is 56.4 Å². The first-order valence-corrected chi connectivity index (χ1v) is 9.79. The number of amides is 2. The minimum absolute atomic E-state index is 0.00651. The second kappa shape index (κ2) is 6.87. The Balaban J connectivity index is 1.67. The van der Waals surface area contributed by atoms with Gasteiger partial charge in [-0.15, -0.1) is 0 Å². The summed E-state index contributed by atoms with van der Waals surface area (Å²) in [7, 11) is 0. The fourth-order valence-electron chi connectivity index (χ4n) is 4.53. The quantitative estimate of drug-likeness (QED) is 0.887. The van der Waals surface area contributed by atoms with E-state index in [2.05, 4.69) is 11.4 Å². The van der Waals surface area contributed by atoms with E-state index in [4.69, 9.17) is 0 Å². The summed E-state index contributed by atoms with van der Waals surface area (Å²) in [6.07, 6.45) is 1.05. The van der Waals surface area contributed by atoms with Crippen LogP contribution in [0, 0.1) is 12.8 Å². The second-order valence-electron chi connectivity index (χ2n) is 8.21. The summed E-state index contributed by atoms with van der Waals surface area (Å²) in [5, 5.41) is 2.99. The van der Waals surface area contributed by atoms with E-state index in [1.807, 2.05) is 60.6 Å². The summed E-state index contributed by atoms with van der Waals surface area (Å²) < 4.78 is 1.96. The molecule has 4 rings (SSSR count). The first kappa shape index (κ1) is 17.8. The molecule has 3 heterocycles. The van der Waals surface area contributed by atoms with Gasteiger partial charge >= 0.3 is 6.03 Å². The SMILES string of the molecule is Cc1ccccc1-c1ccc2n(c1=O)CC1CC2CN(C(=O)NC(C)C)C1. The summed E-state index contributed by atoms with van der Waals surface area (Å²) in [6.45, 7) is 8.08. The number of aromatic nitrogens is 1. The lowest BCUT2D eigenvalue weighted by atomic mass is 9.83. The van der Waals surface area contributed by atoms with Gasteiger partial charge in [0.15, 0.2) is 0 Å². The van der Waals surface area contributed by atoms with E-state index in [0.717, 1.165) is 35.3 Å². The van der Waals surface area contributed by atoms with Gasteiger partial charge in [0, 0.05) is 42.9 Å². The molecule has 1 fully saturated rings. The number of urea groups is 1. The van der Waals surface area contributed by atoms with Crippen molar-refractivity contribution in [3.8, 4) is 11.1 Å². The molecular weight excluding hydrogens is 338 g/mol. The molecule has 2 aliphatic rings. The van der Waals surface area contributed by atoms with Crippen LogP contribution in [0.25, 0.3) is 11.1 Å². The van der Waals surface area contributed by atoms with Crippen LogP contribution in [0.4, 0.5) is 4.79 Å². The van der Waals surface area contributed by atoms with Crippen LogP contribution >= 0.6 is 0 Å². The summed E-state index contributed by atoms with van der Waals surface area (Å²) >= 11 is 0. The predicted molar refractivity (Wildman–Crippen MR) is 107 cm³/mol. The maximum Gasteiger partial charge on any atom is 0.317 e. The fourth-order valence-corrected chi connectivity index (χ4v) is 4.53. The topological polar surface area (TPSA) is 54.3 Å². The molecule has 1 aromatic heterocycles. The Morgan fingerprint density at radius 2 is 1.85 bits per heavy atom. The van der Waals surface area contributed by atoms with E-state index in [1.54, 1.807) is 0 Å². The second-order valence-corrected chi connectivity index (χ2v) is 8.21. The van der Waals surface area contributed by atoms with Crippen molar-refractivity contribution in [1.82, 2.24) is 14.8 Å². The lowest BCUT2D eigenvalue weighted by molar-refractivity contribution is 0.130. The van der Waals surface area contributed by atoms with Crippen molar-refractivity contribution in [2.75, 3.05) is 13.1 Å². The van der Waals surface area contributed by atoms with Crippen LogP contribution in [0.5, 0.6) is 0 Å². The number of aryl methyl sites for hydroxylation is 1. The largest absolute Gasteiger partial charge is 0.336 e. The summed E-state index contributed by atoms with van der Waals surface area (Å²) in [6, 6.07) is 12.2. The van der Waals surface area contributed by atoms with E-state index < -0.39 is 0 Å². The van der Waals surface area contributed by atoms with Crippen LogP contribution < -0.4 is 10.9 Å². The molecule has 5 heteroatoms. The van der Waals surface area contributed by atoms with Gasteiger partial charge in [0.05, 0.1) is 0 Å². The number of nitrogens with zero attached hydrogens (tertiary/aromatic N) is 2. The Morgan fingerprint density at radius 3 is 2.59 bits per heavy atom. The van der Waals surface area contributed by atoms with Gasteiger partial charge in [0.2, 0.25) is 0 Å². The number of rotatable bonds is 2. The zero-order valence-electron chi connectivity index (χ0n) is 16.2. The highest BCUT2D eigenvalue weighted by molar-refractivity contribution is 5.74. The van der Waals surface area contributed by atoms with Gasteiger partial charge < -0.3 is 14.8 Å². The summed E-state index contributed by atoms with van der Waals surface area (Å²) in [5.74, 6) is 0.563. The van der Waals surface area contributed by atoms with Crippen LogP contribution in [0.15, 0.2) is 41.2 Å². The first-order valence-electron chi connectivity index (χ1n) is 9.79. The van der Waals surface area contributed by atoms with E-state index in [9.17, 15) is 9.59 Å². The number of fused-ring (bicyclic) bond motifs is 4. The van der Waals surface area contributed by atoms with E-state index in [1.165, 1.54) is 0 Å². The maximum atomic E-state index is 13.2. The van der Waals surface area contributed by atoms with Crippen molar-refractivity contribution in [2.45, 2.75) is 45.7 Å². The predicted octanol–water partition coefficient (Wildman–Crippen LogP) is 3.36. The van der Waals surface area contributed by atoms with Crippen molar-refractivity contribution < 1.29 is 4.79 Å². The zero-order valence-corrected chi connectivity index (χ0v) is 16.2. The van der Waals surface area contributed by atoms with E-state index >= 15 is 0 Å². The minimum Gasteiger partial charge on any atom is -0.336 e. The Morgan fingerprint density at radius 1 is 1.07 bits per heavy atom. The average molecular weight is 365 g/mol. The zero-order chi connectivity index (χ0) is 19.1. The van der Waals surface area contributed by atoms with Crippen molar-refractivity contribution >= 4 is 6.03 Å². The molecule has 0 spiro atoms. The number of hydrogen-bond acceptors (Lipinski definition) is 2. The monoisotopic (exact) mass is 365 g/mol. The van der Waals surface area contributed by atoms with Crippen LogP contribution in [0.1, 0.15) is 37.4 Å². The lowest BCUT2D eigenvalue weighted by Crippen LogP contribution is -2.52. The number of carbonyl (C=O) groups is 1. The highest BCUT2D eigenvalue weighted by Gasteiger charge is 2.36. The maximum absolute atomic E-state index is 13.2. The molecule has 0 aliphatic carbocycles. The molecule has 2 aromatic rings. The van der Waals surface area contributed by atoms with Crippen molar-refractivity contribution in [3.05, 3.63) is 58.0 Å². The van der Waals surface area contributed by atoms with E-state index in [0.29, 0.717) is 19.0 Å². The molecule has 27 heavy (non-hydrogen) atoms. The Hall–Kier alpha value is -2.56. The van der Waals surface area contributed by atoms with Gasteiger partial charge in [-0.25, -0.2) is 4.79 Å². The molecule has 1 aromatic carbocycles. The minimum atomic E-state index is 0.00651. The van der Waals surface area contributed by atoms with Gasteiger partial charge in [-0.1, -0.05) is 24.3 Å². The van der Waals surface area contributed by atoms with Crippen LogP contribution in [0.3, 0.4) is 0 Å². The van der Waals surface area contributed by atoms with Gasteiger partial charge in [0.1, 0.15) is 0 Å². The highest BCUT2D eigenvalue weighted by atomic mass is 16.2. The number of hydrogen-bond donors (Lipinski definition) is 1. The molecule has 1 saturated heterocycles. The van der Waals surface area contributed by atoms with Gasteiger partial charge in [-0.2, -0.15) is 0 Å². The van der Waals surface area contributed by atoms with Gasteiger partial charge in [0.25, 0.3) is 5.56 Å². The Bertz CT molecular complexity index is 931. The smallest absolute Gasteiger partial charge is 0.317 e. The third-order valence-electron chi connectivity index (χ3n) is 5.74. The molecule has 0 radical (unpaired) electrons. The number of pyridine rings is 1. The molecular formula is C22H27N3O2. The van der Waals surface area contributed by atoms with Crippen molar-refractivity contribution in [3.63, 3.8) is 0 Å².